The fourth-order valence-electron chi connectivity index (χ4n) is 1.76. The van der Waals surface area contributed by atoms with Crippen molar-refractivity contribution in [1.82, 2.24) is 4.90 Å². The van der Waals surface area contributed by atoms with Crippen molar-refractivity contribution in [2.75, 3.05) is 25.6 Å². The number of nitrogens with zero attached hydrogens (tertiary/aromatic N) is 1. The Labute approximate surface area is 110 Å². The topological polar surface area (TPSA) is 40.5 Å². The molecule has 0 bridgehead atoms. The molecule has 0 aliphatic heterocycles. The van der Waals surface area contributed by atoms with Gasteiger partial charge in [-0.25, -0.2) is 4.39 Å². The van der Waals surface area contributed by atoms with Crippen LogP contribution in [0.15, 0.2) is 24.3 Å². The van der Waals surface area contributed by atoms with Crippen LogP contribution in [0, 0.1) is 5.82 Å². The number of rotatable bonds is 6. The van der Waals surface area contributed by atoms with Crippen LogP contribution in [0.2, 0.25) is 0 Å². The highest BCUT2D eigenvalue weighted by molar-refractivity contribution is 7.84. The van der Waals surface area contributed by atoms with E-state index in [1.807, 2.05) is 18.9 Å². The number of halogens is 1. The molecule has 18 heavy (non-hydrogen) atoms. The van der Waals surface area contributed by atoms with Gasteiger partial charge in [-0.2, -0.15) is 0 Å². The zero-order valence-electron chi connectivity index (χ0n) is 11.0. The molecule has 0 amide bonds. The molecule has 102 valence electrons. The molecule has 5 heteroatoms. The minimum absolute atomic E-state index is 0.0808. The first-order valence-electron chi connectivity index (χ1n) is 5.84. The van der Waals surface area contributed by atoms with Gasteiger partial charge in [-0.05, 0) is 20.0 Å². The maximum Gasteiger partial charge on any atom is 0.129 e. The van der Waals surface area contributed by atoms with Crippen LogP contribution in [0.5, 0.6) is 0 Å². The average molecular weight is 273 g/mol. The van der Waals surface area contributed by atoms with E-state index in [1.165, 1.54) is 6.07 Å². The largest absolute Gasteiger partial charge is 0.387 e. The second-order valence-electron chi connectivity index (χ2n) is 4.57. The Balaban J connectivity index is 2.62. The van der Waals surface area contributed by atoms with Gasteiger partial charge >= 0.3 is 0 Å². The molecule has 0 fully saturated rings. The lowest BCUT2D eigenvalue weighted by Gasteiger charge is -2.26. The van der Waals surface area contributed by atoms with Crippen LogP contribution in [0.25, 0.3) is 0 Å². The van der Waals surface area contributed by atoms with Gasteiger partial charge in [0.15, 0.2) is 0 Å². The number of aliphatic hydroxyl groups excluding tert-OH is 1. The lowest BCUT2D eigenvalue weighted by molar-refractivity contribution is 0.110. The lowest BCUT2D eigenvalue weighted by atomic mass is 10.1. The quantitative estimate of drug-likeness (QED) is 0.855. The summed E-state index contributed by atoms with van der Waals surface area (Å²) in [5, 5.41) is 10.00. The Morgan fingerprint density at radius 2 is 2.06 bits per heavy atom. The number of likely N-dealkylation sites (N-methyl/N-ethyl adjacent to an activating group) is 1. The summed E-state index contributed by atoms with van der Waals surface area (Å²) in [4.78, 5) is 1.89. The van der Waals surface area contributed by atoms with Gasteiger partial charge in [-0.15, -0.1) is 0 Å². The monoisotopic (exact) mass is 273 g/mol. The smallest absolute Gasteiger partial charge is 0.129 e. The molecule has 3 atom stereocenters. The fraction of sp³-hybridized carbons (Fsp3) is 0.538. The van der Waals surface area contributed by atoms with Crippen molar-refractivity contribution in [2.45, 2.75) is 19.1 Å². The fourth-order valence-corrected chi connectivity index (χ4v) is 2.70. The molecule has 1 N–H and O–H groups in total. The molecule has 0 aromatic heterocycles. The summed E-state index contributed by atoms with van der Waals surface area (Å²) in [6.07, 6.45) is 0.779. The molecule has 1 aromatic carbocycles. The molecule has 0 aliphatic rings. The molecule has 0 saturated heterocycles. The van der Waals surface area contributed by atoms with Gasteiger partial charge in [0.05, 0.1) is 6.10 Å². The molecule has 1 aromatic rings. The summed E-state index contributed by atoms with van der Waals surface area (Å²) in [6.45, 7) is 2.26. The number of aliphatic hydroxyl groups is 1. The zero-order chi connectivity index (χ0) is 13.7. The first kappa shape index (κ1) is 15.3. The van der Waals surface area contributed by atoms with E-state index in [9.17, 15) is 13.7 Å². The van der Waals surface area contributed by atoms with Gasteiger partial charge in [0.25, 0.3) is 0 Å². The second-order valence-corrected chi connectivity index (χ2v) is 6.05. The molecule has 0 spiro atoms. The zero-order valence-corrected chi connectivity index (χ0v) is 11.8. The third-order valence-corrected chi connectivity index (χ3v) is 3.91. The van der Waals surface area contributed by atoms with E-state index in [2.05, 4.69) is 0 Å². The van der Waals surface area contributed by atoms with Crippen molar-refractivity contribution in [3.63, 3.8) is 0 Å². The van der Waals surface area contributed by atoms with Gasteiger partial charge < -0.3 is 5.11 Å². The summed E-state index contributed by atoms with van der Waals surface area (Å²) in [7, 11) is 0.958. The average Bonchev–Trinajstić information content (AvgIpc) is 2.28. The molecule has 3 unspecified atom stereocenters. The molecule has 3 nitrogen and oxygen atoms in total. The first-order valence-corrected chi connectivity index (χ1v) is 7.57. The molecule has 0 heterocycles. The Morgan fingerprint density at radius 1 is 1.44 bits per heavy atom. The van der Waals surface area contributed by atoms with E-state index >= 15 is 0 Å². The van der Waals surface area contributed by atoms with Gasteiger partial charge in [-0.1, -0.05) is 18.2 Å². The summed E-state index contributed by atoms with van der Waals surface area (Å²) in [5.74, 6) is 0.144. The van der Waals surface area contributed by atoms with E-state index in [0.717, 1.165) is 0 Å². The summed E-state index contributed by atoms with van der Waals surface area (Å²) < 4.78 is 24.6. The van der Waals surface area contributed by atoms with E-state index in [0.29, 0.717) is 17.9 Å². The molecule has 1 rings (SSSR count). The third kappa shape index (κ3) is 4.48. The van der Waals surface area contributed by atoms with Gasteiger partial charge in [0, 0.05) is 41.0 Å². The number of hydrogen-bond acceptors (Lipinski definition) is 3. The predicted molar refractivity (Wildman–Crippen MR) is 72.4 cm³/mol. The third-order valence-electron chi connectivity index (χ3n) is 2.95. The first-order chi connectivity index (χ1) is 8.41. The summed E-state index contributed by atoms with van der Waals surface area (Å²) in [5.41, 5.74) is 0.300. The minimum atomic E-state index is -0.877. The maximum atomic E-state index is 13.5. The van der Waals surface area contributed by atoms with Crippen molar-refractivity contribution in [2.24, 2.45) is 0 Å². The molecular weight excluding hydrogens is 253 g/mol. The van der Waals surface area contributed by atoms with E-state index < -0.39 is 22.7 Å². The van der Waals surface area contributed by atoms with Crippen LogP contribution in [-0.4, -0.2) is 45.9 Å². The van der Waals surface area contributed by atoms with Crippen LogP contribution in [-0.2, 0) is 10.8 Å². The van der Waals surface area contributed by atoms with Crippen LogP contribution >= 0.6 is 0 Å². The Bertz CT molecular complexity index is 414. The van der Waals surface area contributed by atoms with Gasteiger partial charge in [0.1, 0.15) is 5.82 Å². The highest BCUT2D eigenvalue weighted by Gasteiger charge is 2.18. The van der Waals surface area contributed by atoms with Crippen molar-refractivity contribution in [3.8, 4) is 0 Å². The lowest BCUT2D eigenvalue weighted by Crippen LogP contribution is -2.36. The SMILES string of the molecule is CC(CS(C)=O)N(C)CC(O)c1ccccc1F. The van der Waals surface area contributed by atoms with E-state index in [4.69, 9.17) is 0 Å². The highest BCUT2D eigenvalue weighted by atomic mass is 32.2. The summed E-state index contributed by atoms with van der Waals surface area (Å²) in [6, 6.07) is 6.29. The maximum absolute atomic E-state index is 13.5. The molecular formula is C13H20FNO2S. The van der Waals surface area contributed by atoms with Gasteiger partial charge in [0.2, 0.25) is 0 Å². The van der Waals surface area contributed by atoms with Crippen molar-refractivity contribution < 1.29 is 13.7 Å². The van der Waals surface area contributed by atoms with E-state index in [1.54, 1.807) is 24.5 Å². The Hall–Kier alpha value is -0.780. The van der Waals surface area contributed by atoms with Crippen LogP contribution in [0.3, 0.4) is 0 Å². The second kappa shape index (κ2) is 6.97. The number of benzene rings is 1. The predicted octanol–water partition coefficient (Wildman–Crippen LogP) is 1.56. The molecule has 0 saturated carbocycles. The van der Waals surface area contributed by atoms with Crippen LogP contribution in [0.4, 0.5) is 4.39 Å². The minimum Gasteiger partial charge on any atom is -0.387 e. The van der Waals surface area contributed by atoms with Crippen molar-refractivity contribution in [3.05, 3.63) is 35.6 Å². The standard InChI is InChI=1S/C13H20FNO2S/c1-10(9-18(3)17)15(2)8-13(16)11-6-4-5-7-12(11)14/h4-7,10,13,16H,8-9H2,1-3H3. The Morgan fingerprint density at radius 3 is 2.61 bits per heavy atom. The molecule has 0 radical (unpaired) electrons. The van der Waals surface area contributed by atoms with Crippen molar-refractivity contribution >= 4 is 10.8 Å². The normalized spacial score (nSPS) is 16.6. The summed E-state index contributed by atoms with van der Waals surface area (Å²) >= 11 is 0. The van der Waals surface area contributed by atoms with Crippen molar-refractivity contribution in [1.29, 1.82) is 0 Å². The Kier molecular flexibility index (Phi) is 5.91. The highest BCUT2D eigenvalue weighted by Crippen LogP contribution is 2.18. The van der Waals surface area contributed by atoms with E-state index in [-0.39, 0.29) is 6.04 Å². The van der Waals surface area contributed by atoms with Crippen LogP contribution in [0.1, 0.15) is 18.6 Å². The van der Waals surface area contributed by atoms with Gasteiger partial charge in [-0.3, -0.25) is 9.11 Å². The number of hydrogen-bond donors (Lipinski definition) is 1. The molecule has 0 aliphatic carbocycles. The van der Waals surface area contributed by atoms with Crippen LogP contribution < -0.4 is 0 Å².